The van der Waals surface area contributed by atoms with Crippen molar-refractivity contribution in [2.45, 2.75) is 24.8 Å². The molecule has 5 nitrogen and oxygen atoms in total. The predicted molar refractivity (Wildman–Crippen MR) is 86.8 cm³/mol. The maximum Gasteiger partial charge on any atom is 0.254 e. The van der Waals surface area contributed by atoms with Crippen LogP contribution in [0.25, 0.3) is 0 Å². The highest BCUT2D eigenvalue weighted by Gasteiger charge is 2.34. The first-order valence-electron chi connectivity index (χ1n) is 7.37. The molecule has 0 aromatic heterocycles. The van der Waals surface area contributed by atoms with E-state index < -0.39 is 9.84 Å². The summed E-state index contributed by atoms with van der Waals surface area (Å²) in [7, 11) is 0.724. The highest BCUT2D eigenvalue weighted by molar-refractivity contribution is 7.90. The summed E-state index contributed by atoms with van der Waals surface area (Å²) in [6.07, 6.45) is 1.16. The van der Waals surface area contributed by atoms with Crippen LogP contribution in [0.1, 0.15) is 22.8 Å². The average molecular weight is 324 g/mol. The number of nitrogens with zero attached hydrogens (tertiary/aromatic N) is 2. The van der Waals surface area contributed by atoms with Crippen LogP contribution in [0.5, 0.6) is 0 Å². The lowest BCUT2D eigenvalue weighted by Gasteiger charge is -2.22. The van der Waals surface area contributed by atoms with Gasteiger partial charge in [-0.2, -0.15) is 0 Å². The number of likely N-dealkylation sites (tertiary alicyclic amines) is 1. The molecule has 1 aromatic carbocycles. The Balaban J connectivity index is 2.31. The molecule has 0 saturated carbocycles. The summed E-state index contributed by atoms with van der Waals surface area (Å²) < 4.78 is 23.4. The fraction of sp³-hybridized carbons (Fsp3) is 0.562. The van der Waals surface area contributed by atoms with Crippen LogP contribution in [-0.4, -0.2) is 63.6 Å². The van der Waals surface area contributed by atoms with Gasteiger partial charge in [-0.1, -0.05) is 13.0 Å². The van der Waals surface area contributed by atoms with E-state index in [4.69, 9.17) is 0 Å². The van der Waals surface area contributed by atoms with Crippen LogP contribution in [0.15, 0.2) is 23.1 Å². The van der Waals surface area contributed by atoms with Gasteiger partial charge in [-0.25, -0.2) is 8.42 Å². The van der Waals surface area contributed by atoms with Crippen LogP contribution in [0.3, 0.4) is 0 Å². The quantitative estimate of drug-likeness (QED) is 0.844. The molecule has 0 N–H and O–H groups in total. The number of amides is 1. The summed E-state index contributed by atoms with van der Waals surface area (Å²) in [5.74, 6) is 0.316. The Bertz CT molecular complexity index is 683. The minimum atomic E-state index is -3.31. The third-order valence-corrected chi connectivity index (χ3v) is 5.50. The second-order valence-electron chi connectivity index (χ2n) is 6.47. The molecule has 1 aliphatic heterocycles. The minimum Gasteiger partial charge on any atom is -0.337 e. The van der Waals surface area contributed by atoms with Gasteiger partial charge in [0, 0.05) is 31.0 Å². The summed E-state index contributed by atoms with van der Waals surface area (Å²) in [5, 5.41) is 0. The molecule has 0 unspecified atom stereocenters. The molecule has 1 aliphatic rings. The van der Waals surface area contributed by atoms with Crippen molar-refractivity contribution in [3.8, 4) is 0 Å². The molecule has 22 heavy (non-hydrogen) atoms. The van der Waals surface area contributed by atoms with Crippen LogP contribution in [0.4, 0.5) is 0 Å². The van der Waals surface area contributed by atoms with Crippen LogP contribution in [-0.2, 0) is 9.84 Å². The van der Waals surface area contributed by atoms with E-state index in [2.05, 4.69) is 11.8 Å². The van der Waals surface area contributed by atoms with Crippen molar-refractivity contribution >= 4 is 15.7 Å². The highest BCUT2D eigenvalue weighted by Crippen LogP contribution is 2.24. The van der Waals surface area contributed by atoms with Crippen molar-refractivity contribution in [3.63, 3.8) is 0 Å². The highest BCUT2D eigenvalue weighted by atomic mass is 32.2. The number of benzene rings is 1. The molecule has 0 radical (unpaired) electrons. The Kier molecular flexibility index (Phi) is 4.63. The van der Waals surface area contributed by atoms with Gasteiger partial charge in [0.25, 0.3) is 5.91 Å². The second-order valence-corrected chi connectivity index (χ2v) is 8.48. The zero-order valence-corrected chi connectivity index (χ0v) is 14.6. The van der Waals surface area contributed by atoms with Crippen LogP contribution >= 0.6 is 0 Å². The molecule has 122 valence electrons. The van der Waals surface area contributed by atoms with Crippen molar-refractivity contribution < 1.29 is 13.2 Å². The zero-order chi connectivity index (χ0) is 16.7. The standard InChI is InChI=1S/C16H24N2O3S/c1-11-6-7-13(22(5,20)21)8-14(11)16(19)18-9-12(2)15(10-18)17(3)4/h6-8,12,15H,9-10H2,1-5H3/t12-,15-/m0/s1. The van der Waals surface area contributed by atoms with Gasteiger partial charge in [0.1, 0.15) is 0 Å². The molecule has 2 atom stereocenters. The van der Waals surface area contributed by atoms with Gasteiger partial charge in [-0.05, 0) is 44.6 Å². The third kappa shape index (κ3) is 3.33. The van der Waals surface area contributed by atoms with Gasteiger partial charge < -0.3 is 9.80 Å². The van der Waals surface area contributed by atoms with E-state index in [0.29, 0.717) is 30.6 Å². The Labute approximate surface area is 132 Å². The Morgan fingerprint density at radius 1 is 1.27 bits per heavy atom. The number of hydrogen-bond acceptors (Lipinski definition) is 4. The number of rotatable bonds is 3. The normalized spacial score (nSPS) is 22.4. The number of sulfone groups is 1. The van der Waals surface area contributed by atoms with Crippen LogP contribution in [0.2, 0.25) is 0 Å². The Morgan fingerprint density at radius 2 is 1.91 bits per heavy atom. The van der Waals surface area contributed by atoms with E-state index in [0.717, 1.165) is 11.8 Å². The average Bonchev–Trinajstić information content (AvgIpc) is 2.79. The van der Waals surface area contributed by atoms with Gasteiger partial charge in [0.05, 0.1) is 4.90 Å². The van der Waals surface area contributed by atoms with Gasteiger partial charge in [-0.3, -0.25) is 4.79 Å². The number of carbonyl (C=O) groups is 1. The number of carbonyl (C=O) groups excluding carboxylic acids is 1. The van der Waals surface area contributed by atoms with E-state index in [1.807, 2.05) is 25.9 Å². The van der Waals surface area contributed by atoms with Gasteiger partial charge in [0.15, 0.2) is 9.84 Å². The fourth-order valence-electron chi connectivity index (χ4n) is 3.02. The number of aryl methyl sites for hydroxylation is 1. The summed E-state index contributed by atoms with van der Waals surface area (Å²) in [5.41, 5.74) is 1.29. The van der Waals surface area contributed by atoms with E-state index in [1.54, 1.807) is 12.1 Å². The molecule has 1 saturated heterocycles. The molecule has 6 heteroatoms. The summed E-state index contributed by atoms with van der Waals surface area (Å²) >= 11 is 0. The summed E-state index contributed by atoms with van der Waals surface area (Å²) in [4.78, 5) is 16.9. The van der Waals surface area contributed by atoms with Gasteiger partial charge >= 0.3 is 0 Å². The maximum absolute atomic E-state index is 12.8. The molecule has 0 spiro atoms. The lowest BCUT2D eigenvalue weighted by Crippen LogP contribution is -2.36. The molecule has 1 fully saturated rings. The first-order valence-corrected chi connectivity index (χ1v) is 9.27. The van der Waals surface area contributed by atoms with Gasteiger partial charge in [-0.15, -0.1) is 0 Å². The van der Waals surface area contributed by atoms with Crippen molar-refractivity contribution in [2.24, 2.45) is 5.92 Å². The summed E-state index contributed by atoms with van der Waals surface area (Å²) in [6, 6.07) is 5.09. The van der Waals surface area contributed by atoms with E-state index >= 15 is 0 Å². The molecule has 0 bridgehead atoms. The molecular formula is C16H24N2O3S. The van der Waals surface area contributed by atoms with Crippen molar-refractivity contribution in [2.75, 3.05) is 33.4 Å². The largest absolute Gasteiger partial charge is 0.337 e. The van der Waals surface area contributed by atoms with E-state index in [9.17, 15) is 13.2 Å². The molecule has 0 aliphatic carbocycles. The SMILES string of the molecule is Cc1ccc(S(C)(=O)=O)cc1C(=O)N1C[C@H](C)[C@@H](N(C)C)C1. The van der Waals surface area contributed by atoms with Crippen molar-refractivity contribution in [1.82, 2.24) is 9.80 Å². The molecule has 1 heterocycles. The second kappa shape index (κ2) is 6.01. The van der Waals surface area contributed by atoms with E-state index in [1.165, 1.54) is 6.07 Å². The Hall–Kier alpha value is -1.40. The smallest absolute Gasteiger partial charge is 0.254 e. The molecule has 1 amide bonds. The minimum absolute atomic E-state index is 0.0841. The Morgan fingerprint density at radius 3 is 2.41 bits per heavy atom. The third-order valence-electron chi connectivity index (χ3n) is 4.39. The van der Waals surface area contributed by atoms with Crippen molar-refractivity contribution in [1.29, 1.82) is 0 Å². The lowest BCUT2D eigenvalue weighted by molar-refractivity contribution is 0.0780. The number of likely N-dealkylation sites (N-methyl/N-ethyl adjacent to an activating group) is 1. The fourth-order valence-corrected chi connectivity index (χ4v) is 3.67. The van der Waals surface area contributed by atoms with Crippen LogP contribution in [0, 0.1) is 12.8 Å². The summed E-state index contributed by atoms with van der Waals surface area (Å²) in [6.45, 7) is 5.35. The number of hydrogen-bond donors (Lipinski definition) is 0. The van der Waals surface area contributed by atoms with Crippen LogP contribution < -0.4 is 0 Å². The molecule has 1 aromatic rings. The first kappa shape index (κ1) is 17.0. The topological polar surface area (TPSA) is 57.7 Å². The van der Waals surface area contributed by atoms with Gasteiger partial charge in [0.2, 0.25) is 0 Å². The molecular weight excluding hydrogens is 300 g/mol. The first-order chi connectivity index (χ1) is 10.1. The van der Waals surface area contributed by atoms with Crippen molar-refractivity contribution in [3.05, 3.63) is 29.3 Å². The zero-order valence-electron chi connectivity index (χ0n) is 13.8. The predicted octanol–water partition coefficient (Wildman–Crippen LogP) is 1.42. The lowest BCUT2D eigenvalue weighted by atomic mass is 10.1. The monoisotopic (exact) mass is 324 g/mol. The molecule has 2 rings (SSSR count). The van der Waals surface area contributed by atoms with E-state index in [-0.39, 0.29) is 10.8 Å². The maximum atomic E-state index is 12.8.